The number of rotatable bonds is 4. The van der Waals surface area contributed by atoms with Crippen LogP contribution in [0.15, 0.2) is 48.2 Å². The van der Waals surface area contributed by atoms with Gasteiger partial charge in [-0.2, -0.15) is 0 Å². The van der Waals surface area contributed by atoms with Gasteiger partial charge in [0.05, 0.1) is 21.3 Å². The summed E-state index contributed by atoms with van der Waals surface area (Å²) in [6, 6.07) is 13.2. The number of aliphatic hydroxyl groups is 1. The molecule has 4 rings (SSSR count). The van der Waals surface area contributed by atoms with Gasteiger partial charge in [0.2, 0.25) is 11.5 Å². The van der Waals surface area contributed by atoms with Gasteiger partial charge in [-0.15, -0.1) is 0 Å². The average molecular weight is 362 g/mol. The number of carbonyl (C=O) groups excluding carboxylic acids is 1. The monoisotopic (exact) mass is 362 g/mol. The third-order valence-corrected chi connectivity index (χ3v) is 4.78. The summed E-state index contributed by atoms with van der Waals surface area (Å²) in [6.45, 7) is 0. The van der Waals surface area contributed by atoms with Crippen molar-refractivity contribution in [2.45, 2.75) is 0 Å². The summed E-state index contributed by atoms with van der Waals surface area (Å²) in [5.74, 6) is 0.932. The van der Waals surface area contributed by atoms with Crippen LogP contribution in [0.4, 0.5) is 0 Å². The van der Waals surface area contributed by atoms with Gasteiger partial charge >= 0.3 is 0 Å². The number of ether oxygens (including phenoxy) is 3. The molecule has 0 radical (unpaired) electrons. The van der Waals surface area contributed by atoms with Gasteiger partial charge in [0.15, 0.2) is 17.3 Å². The van der Waals surface area contributed by atoms with E-state index in [0.717, 1.165) is 27.5 Å². The van der Waals surface area contributed by atoms with E-state index in [1.165, 1.54) is 6.08 Å². The fraction of sp³-hybridized carbons (Fsp3) is 0.136. The van der Waals surface area contributed by atoms with Crippen LogP contribution in [0.3, 0.4) is 0 Å². The minimum Gasteiger partial charge on any atom is -0.504 e. The second-order valence-electron chi connectivity index (χ2n) is 6.24. The number of aliphatic hydroxyl groups excluding tert-OH is 1. The van der Waals surface area contributed by atoms with E-state index in [4.69, 9.17) is 14.2 Å². The molecule has 136 valence electrons. The molecule has 1 aliphatic carbocycles. The summed E-state index contributed by atoms with van der Waals surface area (Å²) in [7, 11) is 4.67. The molecular weight excluding hydrogens is 344 g/mol. The normalized spacial score (nSPS) is 12.7. The van der Waals surface area contributed by atoms with Crippen molar-refractivity contribution >= 4 is 22.6 Å². The van der Waals surface area contributed by atoms with Crippen molar-refractivity contribution in [3.63, 3.8) is 0 Å². The lowest BCUT2D eigenvalue weighted by Crippen LogP contribution is -2.08. The number of allylic oxidation sites excluding steroid dienone is 1. The summed E-state index contributed by atoms with van der Waals surface area (Å²) in [4.78, 5) is 12.5. The van der Waals surface area contributed by atoms with Crippen LogP contribution in [0.5, 0.6) is 17.2 Å². The van der Waals surface area contributed by atoms with Crippen molar-refractivity contribution in [2.24, 2.45) is 0 Å². The quantitative estimate of drug-likeness (QED) is 0.733. The van der Waals surface area contributed by atoms with Gasteiger partial charge in [-0.3, -0.25) is 4.79 Å². The van der Waals surface area contributed by atoms with Gasteiger partial charge in [-0.05, 0) is 52.4 Å². The Morgan fingerprint density at radius 3 is 2.15 bits per heavy atom. The molecule has 0 aromatic heterocycles. The zero-order chi connectivity index (χ0) is 19.1. The maximum absolute atomic E-state index is 12.5. The van der Waals surface area contributed by atoms with E-state index < -0.39 is 0 Å². The highest BCUT2D eigenvalue weighted by Gasteiger charge is 2.23. The lowest BCUT2D eigenvalue weighted by Gasteiger charge is -2.17. The predicted octanol–water partition coefficient (Wildman–Crippen LogP) is 4.63. The Bertz CT molecular complexity index is 1090. The largest absolute Gasteiger partial charge is 0.504 e. The van der Waals surface area contributed by atoms with Crippen LogP contribution in [-0.4, -0.2) is 32.2 Å². The Hall–Kier alpha value is -3.47. The topological polar surface area (TPSA) is 65.0 Å². The summed E-state index contributed by atoms with van der Waals surface area (Å²) >= 11 is 0. The summed E-state index contributed by atoms with van der Waals surface area (Å²) in [5, 5.41) is 11.8. The lowest BCUT2D eigenvalue weighted by atomic mass is 9.88. The van der Waals surface area contributed by atoms with E-state index >= 15 is 0 Å². The number of ketones is 1. The fourth-order valence-corrected chi connectivity index (χ4v) is 3.52. The van der Waals surface area contributed by atoms with Crippen LogP contribution in [0, 0.1) is 0 Å². The molecule has 0 atom stereocenters. The van der Waals surface area contributed by atoms with E-state index in [9.17, 15) is 9.90 Å². The van der Waals surface area contributed by atoms with Crippen LogP contribution in [0.25, 0.3) is 28.0 Å². The second-order valence-corrected chi connectivity index (χ2v) is 6.24. The molecule has 0 amide bonds. The van der Waals surface area contributed by atoms with Gasteiger partial charge in [0.25, 0.3) is 0 Å². The van der Waals surface area contributed by atoms with E-state index in [1.54, 1.807) is 27.4 Å². The van der Waals surface area contributed by atoms with Crippen molar-refractivity contribution in [3.05, 3.63) is 59.4 Å². The Morgan fingerprint density at radius 2 is 1.52 bits per heavy atom. The molecule has 0 saturated heterocycles. The molecule has 0 bridgehead atoms. The predicted molar refractivity (Wildman–Crippen MR) is 104 cm³/mol. The number of methoxy groups -OCH3 is 3. The molecule has 0 spiro atoms. The smallest absolute Gasteiger partial charge is 0.227 e. The molecule has 5 nitrogen and oxygen atoms in total. The molecule has 1 N–H and O–H groups in total. The zero-order valence-corrected chi connectivity index (χ0v) is 15.2. The molecule has 3 aromatic carbocycles. The van der Waals surface area contributed by atoms with Crippen LogP contribution in [-0.2, 0) is 0 Å². The number of hydrogen-bond acceptors (Lipinski definition) is 5. The van der Waals surface area contributed by atoms with Crippen molar-refractivity contribution < 1.29 is 24.1 Å². The van der Waals surface area contributed by atoms with Crippen molar-refractivity contribution in [3.8, 4) is 28.4 Å². The highest BCUT2D eigenvalue weighted by atomic mass is 16.5. The molecule has 1 aliphatic rings. The maximum atomic E-state index is 12.5. The molecule has 5 heteroatoms. The highest BCUT2D eigenvalue weighted by molar-refractivity contribution is 6.22. The molecule has 0 fully saturated rings. The molecule has 0 heterocycles. The minimum absolute atomic E-state index is 0.253. The SMILES string of the molecule is COc1cc(-c2cc3c4c(cccc4c2)C=C(O)C3=O)cc(OC)c1OC. The highest BCUT2D eigenvalue weighted by Crippen LogP contribution is 2.42. The number of hydrogen-bond donors (Lipinski definition) is 1. The van der Waals surface area contributed by atoms with Crippen LogP contribution in [0.1, 0.15) is 15.9 Å². The lowest BCUT2D eigenvalue weighted by molar-refractivity contribution is 0.0981. The zero-order valence-electron chi connectivity index (χ0n) is 15.2. The Kier molecular flexibility index (Phi) is 4.00. The van der Waals surface area contributed by atoms with Gasteiger partial charge in [-0.1, -0.05) is 18.2 Å². The Morgan fingerprint density at radius 1 is 0.852 bits per heavy atom. The fourth-order valence-electron chi connectivity index (χ4n) is 3.52. The number of carbonyl (C=O) groups is 1. The standard InChI is InChI=1S/C22H18O5/c1-25-18-10-15(11-19(26-2)22(18)27-3)14-7-12-5-4-6-13-9-17(23)21(24)16(8-14)20(12)13/h4-11,23H,1-3H3. The second kappa shape index (κ2) is 6.36. The maximum Gasteiger partial charge on any atom is 0.227 e. The van der Waals surface area contributed by atoms with Crippen molar-refractivity contribution in [2.75, 3.05) is 21.3 Å². The molecule has 0 unspecified atom stereocenters. The van der Waals surface area contributed by atoms with Crippen molar-refractivity contribution in [1.82, 2.24) is 0 Å². The number of benzene rings is 3. The summed E-state index contributed by atoms with van der Waals surface area (Å²) in [5.41, 5.74) is 2.94. The van der Waals surface area contributed by atoms with E-state index in [0.29, 0.717) is 22.8 Å². The molecule has 27 heavy (non-hydrogen) atoms. The Balaban J connectivity index is 1.99. The minimum atomic E-state index is -0.381. The first kappa shape index (κ1) is 17.0. The molecular formula is C22H18O5. The molecule has 0 saturated carbocycles. The van der Waals surface area contributed by atoms with E-state index in [1.807, 2.05) is 36.4 Å². The van der Waals surface area contributed by atoms with Gasteiger partial charge in [-0.25, -0.2) is 0 Å². The summed E-state index contributed by atoms with van der Waals surface area (Å²) in [6.07, 6.45) is 1.51. The first-order chi connectivity index (χ1) is 13.1. The van der Waals surface area contributed by atoms with Crippen LogP contribution < -0.4 is 14.2 Å². The van der Waals surface area contributed by atoms with E-state index in [2.05, 4.69) is 0 Å². The van der Waals surface area contributed by atoms with Crippen LogP contribution in [0.2, 0.25) is 0 Å². The van der Waals surface area contributed by atoms with Gasteiger partial charge < -0.3 is 19.3 Å². The first-order valence-electron chi connectivity index (χ1n) is 8.40. The third kappa shape index (κ3) is 2.59. The first-order valence-corrected chi connectivity index (χ1v) is 8.40. The summed E-state index contributed by atoms with van der Waals surface area (Å²) < 4.78 is 16.2. The van der Waals surface area contributed by atoms with Crippen molar-refractivity contribution in [1.29, 1.82) is 0 Å². The van der Waals surface area contributed by atoms with E-state index in [-0.39, 0.29) is 11.5 Å². The average Bonchev–Trinajstić information content (AvgIpc) is 2.70. The van der Waals surface area contributed by atoms with Gasteiger partial charge in [0, 0.05) is 10.9 Å². The molecule has 0 aliphatic heterocycles. The Labute approximate surface area is 156 Å². The third-order valence-electron chi connectivity index (χ3n) is 4.78. The molecule has 3 aromatic rings. The van der Waals surface area contributed by atoms with Gasteiger partial charge in [0.1, 0.15) is 0 Å². The van der Waals surface area contributed by atoms with Crippen LogP contribution >= 0.6 is 0 Å². The number of Topliss-reactive ketones (excluding diaryl/α,β-unsaturated/α-hetero) is 1.